The molecule has 0 aliphatic carbocycles. The second kappa shape index (κ2) is 6.71. The summed E-state index contributed by atoms with van der Waals surface area (Å²) in [5.74, 6) is -1.04. The van der Waals surface area contributed by atoms with Gasteiger partial charge in [0.1, 0.15) is 10.9 Å². The number of halogens is 1. The number of carbonyl (C=O) groups excluding carboxylic acids is 1. The summed E-state index contributed by atoms with van der Waals surface area (Å²) in [5.41, 5.74) is 0.799. The molecule has 0 fully saturated rings. The van der Waals surface area contributed by atoms with Crippen LogP contribution < -0.4 is 10.1 Å². The maximum Gasteiger partial charge on any atom is 0.341 e. The van der Waals surface area contributed by atoms with Gasteiger partial charge < -0.3 is 15.2 Å². The molecule has 0 saturated carbocycles. The third-order valence-electron chi connectivity index (χ3n) is 2.48. The summed E-state index contributed by atoms with van der Waals surface area (Å²) in [6.45, 7) is -0.420. The van der Waals surface area contributed by atoms with Crippen LogP contribution in [0.4, 0.5) is 5.69 Å². The molecular weight excluding hydrogens is 296 g/mol. The fraction of sp³-hybridized carbons (Fsp3) is 0.0714. The number of carboxylic acid groups (broad SMARTS) is 1. The van der Waals surface area contributed by atoms with E-state index in [2.05, 4.69) is 10.3 Å². The number of hydrogen-bond donors (Lipinski definition) is 2. The molecule has 0 unspecified atom stereocenters. The summed E-state index contributed by atoms with van der Waals surface area (Å²) in [4.78, 5) is 26.2. The molecule has 2 aromatic rings. The van der Waals surface area contributed by atoms with Gasteiger partial charge >= 0.3 is 5.97 Å². The van der Waals surface area contributed by atoms with Gasteiger partial charge in [-0.1, -0.05) is 11.6 Å². The molecule has 0 radical (unpaired) electrons. The Morgan fingerprint density at radius 3 is 2.57 bits per heavy atom. The molecule has 0 atom stereocenters. The number of aliphatic carboxylic acids is 1. The third kappa shape index (κ3) is 4.19. The Morgan fingerprint density at radius 1 is 1.24 bits per heavy atom. The normalized spacial score (nSPS) is 9.95. The highest BCUT2D eigenvalue weighted by Gasteiger charge is 2.10. The molecule has 0 bridgehead atoms. The zero-order chi connectivity index (χ0) is 15.2. The zero-order valence-electron chi connectivity index (χ0n) is 10.7. The van der Waals surface area contributed by atoms with E-state index in [-0.39, 0.29) is 16.6 Å². The van der Waals surface area contributed by atoms with Crippen molar-refractivity contribution in [1.29, 1.82) is 0 Å². The quantitative estimate of drug-likeness (QED) is 0.828. The fourth-order valence-electron chi connectivity index (χ4n) is 1.53. The predicted molar refractivity (Wildman–Crippen MR) is 76.8 cm³/mol. The number of carboxylic acids is 1. The van der Waals surface area contributed by atoms with Crippen LogP contribution >= 0.6 is 11.6 Å². The Kier molecular flexibility index (Phi) is 4.73. The second-order valence-corrected chi connectivity index (χ2v) is 4.36. The molecule has 1 heterocycles. The first-order valence-electron chi connectivity index (χ1n) is 5.93. The average molecular weight is 307 g/mol. The molecule has 7 heteroatoms. The van der Waals surface area contributed by atoms with E-state index in [9.17, 15) is 9.59 Å². The summed E-state index contributed by atoms with van der Waals surface area (Å²) in [6.07, 6.45) is 1.49. The lowest BCUT2D eigenvalue weighted by Crippen LogP contribution is -2.13. The number of nitrogens with one attached hydrogen (secondary N) is 1. The summed E-state index contributed by atoms with van der Waals surface area (Å²) < 4.78 is 4.99. The van der Waals surface area contributed by atoms with E-state index < -0.39 is 12.6 Å². The molecular formula is C14H11ClN2O4. The van der Waals surface area contributed by atoms with Crippen LogP contribution in [0.1, 0.15) is 10.4 Å². The van der Waals surface area contributed by atoms with Crippen LogP contribution in [0.3, 0.4) is 0 Å². The van der Waals surface area contributed by atoms with Crippen LogP contribution in [-0.4, -0.2) is 28.6 Å². The highest BCUT2D eigenvalue weighted by atomic mass is 35.5. The number of hydrogen-bond acceptors (Lipinski definition) is 4. The van der Waals surface area contributed by atoms with Crippen molar-refractivity contribution in [1.82, 2.24) is 4.98 Å². The first kappa shape index (κ1) is 14.8. The number of anilines is 1. The van der Waals surface area contributed by atoms with Gasteiger partial charge in [0, 0.05) is 11.9 Å². The van der Waals surface area contributed by atoms with Gasteiger partial charge in [0.15, 0.2) is 6.61 Å². The van der Waals surface area contributed by atoms with E-state index >= 15 is 0 Å². The van der Waals surface area contributed by atoms with Crippen molar-refractivity contribution in [2.45, 2.75) is 0 Å². The van der Waals surface area contributed by atoms with Crippen molar-refractivity contribution in [2.24, 2.45) is 0 Å². The number of pyridine rings is 1. The Balaban J connectivity index is 2.02. The average Bonchev–Trinajstić information content (AvgIpc) is 2.47. The molecule has 108 valence electrons. The van der Waals surface area contributed by atoms with Gasteiger partial charge in [-0.2, -0.15) is 0 Å². The Labute approximate surface area is 125 Å². The predicted octanol–water partition coefficient (Wildman–Crippen LogP) is 2.45. The lowest BCUT2D eigenvalue weighted by atomic mass is 10.2. The largest absolute Gasteiger partial charge is 0.482 e. The molecule has 2 N–H and O–H groups in total. The third-order valence-corrected chi connectivity index (χ3v) is 2.78. The number of aromatic nitrogens is 1. The van der Waals surface area contributed by atoms with E-state index in [4.69, 9.17) is 21.4 Å². The fourth-order valence-corrected chi connectivity index (χ4v) is 1.74. The van der Waals surface area contributed by atoms with E-state index in [1.54, 1.807) is 36.4 Å². The molecule has 1 amide bonds. The van der Waals surface area contributed by atoms with Crippen molar-refractivity contribution in [3.63, 3.8) is 0 Å². The molecule has 0 spiro atoms. The molecule has 0 aliphatic rings. The summed E-state index contributed by atoms with van der Waals surface area (Å²) >= 11 is 5.83. The molecule has 2 rings (SSSR count). The Morgan fingerprint density at radius 2 is 1.95 bits per heavy atom. The van der Waals surface area contributed by atoms with Gasteiger partial charge in [0.05, 0.1) is 5.56 Å². The first-order chi connectivity index (χ1) is 10.1. The summed E-state index contributed by atoms with van der Waals surface area (Å²) in [7, 11) is 0. The van der Waals surface area contributed by atoms with Crippen LogP contribution in [0.15, 0.2) is 42.6 Å². The maximum absolute atomic E-state index is 12.0. The molecule has 1 aromatic heterocycles. The van der Waals surface area contributed by atoms with Crippen LogP contribution in [-0.2, 0) is 4.79 Å². The Bertz CT molecular complexity index is 658. The van der Waals surface area contributed by atoms with Gasteiger partial charge in [-0.3, -0.25) is 4.79 Å². The van der Waals surface area contributed by atoms with Crippen molar-refractivity contribution >= 4 is 29.2 Å². The van der Waals surface area contributed by atoms with Crippen molar-refractivity contribution in [2.75, 3.05) is 11.9 Å². The van der Waals surface area contributed by atoms with Crippen molar-refractivity contribution < 1.29 is 19.4 Å². The van der Waals surface area contributed by atoms with Crippen LogP contribution in [0.5, 0.6) is 5.75 Å². The Hall–Kier alpha value is -2.60. The minimum atomic E-state index is -1.06. The van der Waals surface area contributed by atoms with Gasteiger partial charge in [-0.25, -0.2) is 9.78 Å². The minimum Gasteiger partial charge on any atom is -0.482 e. The number of amides is 1. The topological polar surface area (TPSA) is 88.5 Å². The summed E-state index contributed by atoms with van der Waals surface area (Å²) in [5, 5.41) is 11.3. The van der Waals surface area contributed by atoms with Crippen LogP contribution in [0.25, 0.3) is 0 Å². The standard InChI is InChI=1S/C14H11ClN2O4/c15-13-11(2-1-7-16-13)14(20)17-9-3-5-10(6-4-9)21-8-12(18)19/h1-7H,8H2,(H,17,20)(H,18,19). The van der Waals surface area contributed by atoms with Crippen molar-refractivity contribution in [3.8, 4) is 5.75 Å². The monoisotopic (exact) mass is 306 g/mol. The van der Waals surface area contributed by atoms with Gasteiger partial charge in [0.2, 0.25) is 0 Å². The van der Waals surface area contributed by atoms with Gasteiger partial charge in [-0.05, 0) is 36.4 Å². The van der Waals surface area contributed by atoms with E-state index in [0.717, 1.165) is 0 Å². The van der Waals surface area contributed by atoms with Crippen LogP contribution in [0, 0.1) is 0 Å². The highest BCUT2D eigenvalue weighted by Crippen LogP contribution is 2.18. The zero-order valence-corrected chi connectivity index (χ0v) is 11.5. The summed E-state index contributed by atoms with van der Waals surface area (Å²) in [6, 6.07) is 9.49. The number of nitrogens with zero attached hydrogens (tertiary/aromatic N) is 1. The van der Waals surface area contributed by atoms with E-state index in [1.165, 1.54) is 6.20 Å². The number of ether oxygens (including phenoxy) is 1. The van der Waals surface area contributed by atoms with E-state index in [0.29, 0.717) is 11.4 Å². The van der Waals surface area contributed by atoms with Gasteiger partial charge in [-0.15, -0.1) is 0 Å². The number of rotatable bonds is 5. The van der Waals surface area contributed by atoms with Crippen molar-refractivity contribution in [3.05, 3.63) is 53.3 Å². The first-order valence-corrected chi connectivity index (χ1v) is 6.30. The minimum absolute atomic E-state index is 0.122. The molecule has 0 aliphatic heterocycles. The lowest BCUT2D eigenvalue weighted by Gasteiger charge is -2.07. The number of carbonyl (C=O) groups is 2. The smallest absolute Gasteiger partial charge is 0.341 e. The maximum atomic E-state index is 12.0. The molecule has 21 heavy (non-hydrogen) atoms. The van der Waals surface area contributed by atoms with Crippen LogP contribution in [0.2, 0.25) is 5.15 Å². The van der Waals surface area contributed by atoms with E-state index in [1.807, 2.05) is 0 Å². The SMILES string of the molecule is O=C(O)COc1ccc(NC(=O)c2cccnc2Cl)cc1. The molecule has 1 aromatic carbocycles. The lowest BCUT2D eigenvalue weighted by molar-refractivity contribution is -0.139. The van der Waals surface area contributed by atoms with Gasteiger partial charge in [0.25, 0.3) is 5.91 Å². The number of benzene rings is 1. The molecule has 6 nitrogen and oxygen atoms in total. The molecule has 0 saturated heterocycles. The second-order valence-electron chi connectivity index (χ2n) is 4.00. The highest BCUT2D eigenvalue weighted by molar-refractivity contribution is 6.33.